The first-order valence-electron chi connectivity index (χ1n) is 8.22. The molecular formula is C17H23N7O. The lowest BCUT2D eigenvalue weighted by atomic mass is 10.1. The number of carbonyl (C=O) groups is 1. The molecule has 0 atom stereocenters. The molecule has 1 aromatic heterocycles. The first-order valence-corrected chi connectivity index (χ1v) is 8.22. The molecule has 0 unspecified atom stereocenters. The lowest BCUT2D eigenvalue weighted by Gasteiger charge is -2.33. The number of nitrogens with two attached hydrogens (primary N) is 1. The van der Waals surface area contributed by atoms with Gasteiger partial charge in [-0.2, -0.15) is 0 Å². The molecule has 4 N–H and O–H groups in total. The summed E-state index contributed by atoms with van der Waals surface area (Å²) in [6, 6.07) is 7.38. The first-order chi connectivity index (χ1) is 12.1. The van der Waals surface area contributed by atoms with Crippen molar-refractivity contribution in [3.63, 3.8) is 0 Å². The van der Waals surface area contributed by atoms with E-state index in [9.17, 15) is 4.79 Å². The molecule has 3 rings (SSSR count). The van der Waals surface area contributed by atoms with Crippen molar-refractivity contribution in [1.29, 1.82) is 0 Å². The zero-order valence-electron chi connectivity index (χ0n) is 14.5. The molecule has 0 bridgehead atoms. The minimum absolute atomic E-state index is 0.239. The Morgan fingerprint density at radius 2 is 1.88 bits per heavy atom. The summed E-state index contributed by atoms with van der Waals surface area (Å²) < 4.78 is 0. The van der Waals surface area contributed by atoms with Gasteiger partial charge < -0.3 is 15.5 Å². The number of amides is 1. The fourth-order valence-electron chi connectivity index (χ4n) is 2.77. The van der Waals surface area contributed by atoms with E-state index in [2.05, 4.69) is 37.7 Å². The molecule has 1 aromatic carbocycles. The summed E-state index contributed by atoms with van der Waals surface area (Å²) in [5.41, 5.74) is 13.6. The van der Waals surface area contributed by atoms with Crippen LogP contribution in [0, 0.1) is 6.92 Å². The summed E-state index contributed by atoms with van der Waals surface area (Å²) in [5.74, 6) is 0.846. The number of nitrogen functional groups attached to an aromatic ring is 1. The minimum Gasteiger partial charge on any atom is -0.393 e. The molecular weight excluding hydrogens is 318 g/mol. The molecule has 0 saturated carbocycles. The van der Waals surface area contributed by atoms with Crippen molar-refractivity contribution >= 4 is 23.2 Å². The van der Waals surface area contributed by atoms with E-state index in [0.29, 0.717) is 22.9 Å². The molecule has 2 heterocycles. The maximum absolute atomic E-state index is 12.3. The van der Waals surface area contributed by atoms with Gasteiger partial charge in [0, 0.05) is 31.7 Å². The highest BCUT2D eigenvalue weighted by atomic mass is 16.2. The molecule has 1 aliphatic rings. The summed E-state index contributed by atoms with van der Waals surface area (Å²) in [5, 5.41) is 0. The highest BCUT2D eigenvalue weighted by molar-refractivity contribution is 5.96. The SMILES string of the molecule is Cc1ccccc1C(=O)NNc1ncnc(N2CCN(C)CC2)c1N. The summed E-state index contributed by atoms with van der Waals surface area (Å²) in [7, 11) is 2.09. The highest BCUT2D eigenvalue weighted by Gasteiger charge is 2.19. The van der Waals surface area contributed by atoms with Crippen LogP contribution < -0.4 is 21.5 Å². The average Bonchev–Trinajstić information content (AvgIpc) is 2.62. The molecule has 8 nitrogen and oxygen atoms in total. The number of likely N-dealkylation sites (N-methyl/N-ethyl adjacent to an activating group) is 1. The predicted octanol–water partition coefficient (Wildman–Crippen LogP) is 0.876. The molecule has 25 heavy (non-hydrogen) atoms. The monoisotopic (exact) mass is 341 g/mol. The van der Waals surface area contributed by atoms with Gasteiger partial charge in [-0.1, -0.05) is 18.2 Å². The van der Waals surface area contributed by atoms with Crippen LogP contribution in [0.5, 0.6) is 0 Å². The van der Waals surface area contributed by atoms with Gasteiger partial charge in [-0.05, 0) is 25.6 Å². The molecule has 1 amide bonds. The third-order valence-electron chi connectivity index (χ3n) is 4.35. The van der Waals surface area contributed by atoms with Gasteiger partial charge in [0.25, 0.3) is 5.91 Å². The number of hydrogen-bond donors (Lipinski definition) is 3. The van der Waals surface area contributed by atoms with Gasteiger partial charge >= 0.3 is 0 Å². The van der Waals surface area contributed by atoms with E-state index in [1.165, 1.54) is 6.33 Å². The van der Waals surface area contributed by atoms with Crippen molar-refractivity contribution in [1.82, 2.24) is 20.3 Å². The Labute approximate surface area is 147 Å². The number of hydrazine groups is 1. The van der Waals surface area contributed by atoms with Crippen molar-refractivity contribution in [2.24, 2.45) is 0 Å². The predicted molar refractivity (Wildman–Crippen MR) is 98.4 cm³/mol. The highest BCUT2D eigenvalue weighted by Crippen LogP contribution is 2.26. The number of nitrogens with zero attached hydrogens (tertiary/aromatic N) is 4. The van der Waals surface area contributed by atoms with Gasteiger partial charge in [-0.15, -0.1) is 0 Å². The molecule has 1 aliphatic heterocycles. The van der Waals surface area contributed by atoms with Crippen molar-refractivity contribution in [3.05, 3.63) is 41.7 Å². The number of piperazine rings is 1. The molecule has 0 spiro atoms. The van der Waals surface area contributed by atoms with Gasteiger partial charge in [0.2, 0.25) is 0 Å². The molecule has 8 heteroatoms. The van der Waals surface area contributed by atoms with E-state index >= 15 is 0 Å². The first kappa shape index (κ1) is 17.0. The van der Waals surface area contributed by atoms with E-state index in [1.807, 2.05) is 25.1 Å². The number of carbonyl (C=O) groups excluding carboxylic acids is 1. The summed E-state index contributed by atoms with van der Waals surface area (Å²) in [6.07, 6.45) is 1.45. The summed E-state index contributed by atoms with van der Waals surface area (Å²) >= 11 is 0. The van der Waals surface area contributed by atoms with Crippen LogP contribution in [0.2, 0.25) is 0 Å². The van der Waals surface area contributed by atoms with Crippen LogP contribution in [0.4, 0.5) is 17.3 Å². The second-order valence-corrected chi connectivity index (χ2v) is 6.14. The van der Waals surface area contributed by atoms with E-state index in [1.54, 1.807) is 6.07 Å². The molecule has 0 radical (unpaired) electrons. The van der Waals surface area contributed by atoms with Crippen LogP contribution in [0.25, 0.3) is 0 Å². The number of anilines is 3. The van der Waals surface area contributed by atoms with Gasteiger partial charge in [0.15, 0.2) is 11.6 Å². The number of benzene rings is 1. The number of aromatic nitrogens is 2. The maximum Gasteiger partial charge on any atom is 0.269 e. The Morgan fingerprint density at radius 3 is 2.60 bits per heavy atom. The minimum atomic E-state index is -0.239. The van der Waals surface area contributed by atoms with Crippen molar-refractivity contribution in [3.8, 4) is 0 Å². The van der Waals surface area contributed by atoms with E-state index in [0.717, 1.165) is 31.7 Å². The molecule has 1 fully saturated rings. The zero-order chi connectivity index (χ0) is 17.8. The summed E-state index contributed by atoms with van der Waals surface area (Å²) in [4.78, 5) is 25.1. The van der Waals surface area contributed by atoms with E-state index in [-0.39, 0.29) is 5.91 Å². The Kier molecular flexibility index (Phi) is 4.99. The summed E-state index contributed by atoms with van der Waals surface area (Å²) in [6.45, 7) is 5.51. The second kappa shape index (κ2) is 7.35. The lowest BCUT2D eigenvalue weighted by molar-refractivity contribution is 0.0962. The van der Waals surface area contributed by atoms with Crippen LogP contribution in [0.3, 0.4) is 0 Å². The smallest absolute Gasteiger partial charge is 0.269 e. The Hall–Kier alpha value is -2.87. The number of hydrogen-bond acceptors (Lipinski definition) is 7. The number of rotatable bonds is 4. The molecule has 2 aromatic rings. The van der Waals surface area contributed by atoms with Gasteiger partial charge in [0.1, 0.15) is 12.0 Å². The van der Waals surface area contributed by atoms with Crippen LogP contribution in [-0.2, 0) is 0 Å². The fraction of sp³-hybridized carbons (Fsp3) is 0.353. The second-order valence-electron chi connectivity index (χ2n) is 6.14. The molecule has 0 aliphatic carbocycles. The number of nitrogens with one attached hydrogen (secondary N) is 2. The van der Waals surface area contributed by atoms with Crippen LogP contribution in [0.1, 0.15) is 15.9 Å². The zero-order valence-corrected chi connectivity index (χ0v) is 14.5. The third-order valence-corrected chi connectivity index (χ3v) is 4.35. The normalized spacial score (nSPS) is 15.0. The average molecular weight is 341 g/mol. The third kappa shape index (κ3) is 3.80. The lowest BCUT2D eigenvalue weighted by Crippen LogP contribution is -2.45. The quantitative estimate of drug-likeness (QED) is 0.710. The standard InChI is InChI=1S/C17H23N7O/c1-12-5-3-4-6-13(12)17(25)22-21-15-14(18)16(20-11-19-15)24-9-7-23(2)8-10-24/h3-6,11H,7-10,18H2,1-2H3,(H,22,25)(H,19,20,21). The van der Waals surface area contributed by atoms with Crippen LogP contribution in [0.15, 0.2) is 30.6 Å². The van der Waals surface area contributed by atoms with Crippen LogP contribution >= 0.6 is 0 Å². The topological polar surface area (TPSA) is 99.4 Å². The Bertz CT molecular complexity index is 756. The largest absolute Gasteiger partial charge is 0.393 e. The van der Waals surface area contributed by atoms with Gasteiger partial charge in [-0.3, -0.25) is 15.6 Å². The van der Waals surface area contributed by atoms with Crippen molar-refractivity contribution in [2.75, 3.05) is 49.3 Å². The van der Waals surface area contributed by atoms with Gasteiger partial charge in [0.05, 0.1) is 0 Å². The Balaban J connectivity index is 1.70. The molecule has 1 saturated heterocycles. The van der Waals surface area contributed by atoms with Crippen molar-refractivity contribution in [2.45, 2.75) is 6.92 Å². The Morgan fingerprint density at radius 1 is 1.16 bits per heavy atom. The van der Waals surface area contributed by atoms with Gasteiger partial charge in [-0.25, -0.2) is 9.97 Å². The van der Waals surface area contributed by atoms with Crippen LogP contribution in [-0.4, -0.2) is 54.0 Å². The molecule has 132 valence electrons. The van der Waals surface area contributed by atoms with Crippen molar-refractivity contribution < 1.29 is 4.79 Å². The van der Waals surface area contributed by atoms with E-state index < -0.39 is 0 Å². The number of aryl methyl sites for hydroxylation is 1. The maximum atomic E-state index is 12.3. The van der Waals surface area contributed by atoms with E-state index in [4.69, 9.17) is 5.73 Å². The fourth-order valence-corrected chi connectivity index (χ4v) is 2.77.